The Morgan fingerprint density at radius 2 is 2.33 bits per heavy atom. The van der Waals surface area contributed by atoms with Crippen molar-refractivity contribution < 1.29 is 19.3 Å². The fourth-order valence-corrected chi connectivity index (χ4v) is 3.23. The standard InChI is InChI=1S/C12H18N2O4/c13-5-7(14)3-8-1-2-10-12(18-8)4-9(17-10)11(15)16-6-12/h7-11,15H,1-4,6,14H2/t7-,8?,9-,10+,11-,12?/m1/s1. The third kappa shape index (κ3) is 1.92. The first-order valence-electron chi connectivity index (χ1n) is 6.41. The summed E-state index contributed by atoms with van der Waals surface area (Å²) in [6.45, 7) is 0.355. The highest BCUT2D eigenvalue weighted by atomic mass is 16.7. The van der Waals surface area contributed by atoms with Crippen LogP contribution in [0.1, 0.15) is 25.7 Å². The Morgan fingerprint density at radius 3 is 3.11 bits per heavy atom. The van der Waals surface area contributed by atoms with Gasteiger partial charge in [-0.05, 0) is 12.8 Å². The van der Waals surface area contributed by atoms with Gasteiger partial charge in [-0.2, -0.15) is 5.26 Å². The molecular formula is C12H18N2O4. The van der Waals surface area contributed by atoms with Crippen LogP contribution in [0.2, 0.25) is 0 Å². The molecule has 0 amide bonds. The van der Waals surface area contributed by atoms with Crippen molar-refractivity contribution in [1.29, 1.82) is 5.26 Å². The van der Waals surface area contributed by atoms with Gasteiger partial charge in [0.1, 0.15) is 11.7 Å². The van der Waals surface area contributed by atoms with Gasteiger partial charge in [-0.15, -0.1) is 0 Å². The van der Waals surface area contributed by atoms with Crippen LogP contribution in [-0.4, -0.2) is 48.0 Å². The van der Waals surface area contributed by atoms with E-state index in [-0.39, 0.29) is 18.3 Å². The number of aliphatic hydroxyl groups excluding tert-OH is 1. The molecule has 0 saturated carbocycles. The molecule has 6 nitrogen and oxygen atoms in total. The van der Waals surface area contributed by atoms with Crippen molar-refractivity contribution in [2.24, 2.45) is 5.73 Å². The maximum Gasteiger partial charge on any atom is 0.181 e. The van der Waals surface area contributed by atoms with Gasteiger partial charge in [-0.25, -0.2) is 0 Å². The van der Waals surface area contributed by atoms with E-state index in [0.29, 0.717) is 19.4 Å². The summed E-state index contributed by atoms with van der Waals surface area (Å²) in [5, 5.41) is 18.4. The van der Waals surface area contributed by atoms with Crippen molar-refractivity contribution in [3.05, 3.63) is 0 Å². The SMILES string of the molecule is N#C[C@H](N)CC1CC[C@@H]2O[C@@H]3CC2(CO[C@H]3O)O1. The number of aliphatic hydroxyl groups is 1. The van der Waals surface area contributed by atoms with Crippen molar-refractivity contribution in [1.82, 2.24) is 0 Å². The lowest BCUT2D eigenvalue weighted by molar-refractivity contribution is -0.223. The molecule has 0 radical (unpaired) electrons. The van der Waals surface area contributed by atoms with Gasteiger partial charge in [-0.3, -0.25) is 0 Å². The molecule has 3 heterocycles. The molecule has 3 aliphatic heterocycles. The van der Waals surface area contributed by atoms with Gasteiger partial charge in [-0.1, -0.05) is 0 Å². The molecule has 6 atom stereocenters. The van der Waals surface area contributed by atoms with Crippen molar-refractivity contribution in [3.63, 3.8) is 0 Å². The number of hydrogen-bond donors (Lipinski definition) is 2. The Labute approximate surface area is 106 Å². The minimum Gasteiger partial charge on any atom is -0.366 e. The molecular weight excluding hydrogens is 236 g/mol. The second-order valence-corrected chi connectivity index (χ2v) is 5.42. The summed E-state index contributed by atoms with van der Waals surface area (Å²) in [7, 11) is 0. The Hall–Kier alpha value is -0.710. The Bertz CT molecular complexity index is 372. The minimum atomic E-state index is -0.843. The Kier molecular flexibility index (Phi) is 3.04. The monoisotopic (exact) mass is 254 g/mol. The third-order valence-electron chi connectivity index (χ3n) is 4.12. The van der Waals surface area contributed by atoms with Crippen LogP contribution in [0, 0.1) is 11.3 Å². The van der Waals surface area contributed by atoms with E-state index in [9.17, 15) is 5.11 Å². The predicted molar refractivity (Wildman–Crippen MR) is 60.3 cm³/mol. The maximum atomic E-state index is 9.62. The van der Waals surface area contributed by atoms with E-state index >= 15 is 0 Å². The average Bonchev–Trinajstić information content (AvgIpc) is 2.68. The first-order chi connectivity index (χ1) is 8.63. The molecule has 3 aliphatic rings. The molecule has 3 rings (SSSR count). The van der Waals surface area contributed by atoms with Crippen LogP contribution in [-0.2, 0) is 14.2 Å². The minimum absolute atomic E-state index is 0.00536. The quantitative estimate of drug-likeness (QED) is 0.699. The summed E-state index contributed by atoms with van der Waals surface area (Å²) in [6.07, 6.45) is 1.76. The lowest BCUT2D eigenvalue weighted by Crippen LogP contribution is -2.54. The second kappa shape index (κ2) is 4.44. The van der Waals surface area contributed by atoms with Crippen LogP contribution in [0.3, 0.4) is 0 Å². The van der Waals surface area contributed by atoms with Gasteiger partial charge < -0.3 is 25.1 Å². The van der Waals surface area contributed by atoms with Crippen LogP contribution in [0.5, 0.6) is 0 Å². The number of ether oxygens (including phenoxy) is 3. The molecule has 100 valence electrons. The molecule has 3 saturated heterocycles. The Balaban J connectivity index is 1.69. The van der Waals surface area contributed by atoms with Crippen molar-refractivity contribution in [2.45, 2.75) is 61.9 Å². The second-order valence-electron chi connectivity index (χ2n) is 5.42. The van der Waals surface area contributed by atoms with E-state index in [0.717, 1.165) is 12.8 Å². The number of hydrogen-bond acceptors (Lipinski definition) is 6. The third-order valence-corrected chi connectivity index (χ3v) is 4.12. The molecule has 6 heteroatoms. The summed E-state index contributed by atoms with van der Waals surface area (Å²) in [6, 6.07) is 1.54. The summed E-state index contributed by atoms with van der Waals surface area (Å²) in [4.78, 5) is 0. The van der Waals surface area contributed by atoms with Gasteiger partial charge in [0.15, 0.2) is 6.29 Å². The van der Waals surface area contributed by atoms with E-state index in [2.05, 4.69) is 0 Å². The molecule has 2 unspecified atom stereocenters. The number of rotatable bonds is 2. The molecule has 0 aliphatic carbocycles. The summed E-state index contributed by atoms with van der Waals surface area (Å²) in [5.41, 5.74) is 5.20. The van der Waals surface area contributed by atoms with Crippen LogP contribution in [0.15, 0.2) is 0 Å². The van der Waals surface area contributed by atoms with Crippen LogP contribution in [0.25, 0.3) is 0 Å². The molecule has 18 heavy (non-hydrogen) atoms. The van der Waals surface area contributed by atoms with E-state index in [1.807, 2.05) is 6.07 Å². The van der Waals surface area contributed by atoms with Crippen LogP contribution >= 0.6 is 0 Å². The molecule has 3 N–H and O–H groups in total. The van der Waals surface area contributed by atoms with Crippen LogP contribution < -0.4 is 5.73 Å². The number of fused-ring (bicyclic) bond motifs is 1. The molecule has 2 bridgehead atoms. The normalized spacial score (nSPS) is 48.3. The van der Waals surface area contributed by atoms with Crippen molar-refractivity contribution >= 4 is 0 Å². The highest BCUT2D eigenvalue weighted by Gasteiger charge is 2.58. The van der Waals surface area contributed by atoms with Crippen molar-refractivity contribution in [3.8, 4) is 6.07 Å². The van der Waals surface area contributed by atoms with Gasteiger partial charge in [0.05, 0.1) is 30.9 Å². The van der Waals surface area contributed by atoms with E-state index in [4.69, 9.17) is 25.2 Å². The van der Waals surface area contributed by atoms with Gasteiger partial charge in [0, 0.05) is 12.8 Å². The Morgan fingerprint density at radius 1 is 1.50 bits per heavy atom. The molecule has 0 aromatic rings. The maximum absolute atomic E-state index is 9.62. The smallest absolute Gasteiger partial charge is 0.181 e. The van der Waals surface area contributed by atoms with E-state index in [1.54, 1.807) is 0 Å². The van der Waals surface area contributed by atoms with Gasteiger partial charge >= 0.3 is 0 Å². The first kappa shape index (κ1) is 12.3. The lowest BCUT2D eigenvalue weighted by atomic mass is 9.85. The summed E-state index contributed by atoms with van der Waals surface area (Å²) >= 11 is 0. The number of nitriles is 1. The highest BCUT2D eigenvalue weighted by molar-refractivity contribution is 5.05. The number of nitrogens with two attached hydrogens (primary N) is 1. The van der Waals surface area contributed by atoms with Crippen molar-refractivity contribution in [2.75, 3.05) is 6.61 Å². The first-order valence-corrected chi connectivity index (χ1v) is 6.41. The highest BCUT2D eigenvalue weighted by Crippen LogP contribution is 2.46. The molecule has 3 fully saturated rings. The largest absolute Gasteiger partial charge is 0.366 e. The zero-order chi connectivity index (χ0) is 12.8. The fourth-order valence-electron chi connectivity index (χ4n) is 3.23. The molecule has 1 spiro atoms. The van der Waals surface area contributed by atoms with Gasteiger partial charge in [0.2, 0.25) is 0 Å². The van der Waals surface area contributed by atoms with E-state index < -0.39 is 17.9 Å². The van der Waals surface area contributed by atoms with Gasteiger partial charge in [0.25, 0.3) is 0 Å². The summed E-state index contributed by atoms with van der Waals surface area (Å²) < 4.78 is 17.2. The number of nitrogens with zero attached hydrogens (tertiary/aromatic N) is 1. The molecule has 0 aromatic carbocycles. The van der Waals surface area contributed by atoms with E-state index in [1.165, 1.54) is 0 Å². The topological polar surface area (TPSA) is 97.7 Å². The average molecular weight is 254 g/mol. The fraction of sp³-hybridized carbons (Fsp3) is 0.917. The zero-order valence-corrected chi connectivity index (χ0v) is 10.1. The van der Waals surface area contributed by atoms with Crippen LogP contribution in [0.4, 0.5) is 0 Å². The molecule has 0 aromatic heterocycles. The predicted octanol–water partition coefficient (Wildman–Crippen LogP) is -0.349. The zero-order valence-electron chi connectivity index (χ0n) is 10.1. The lowest BCUT2D eigenvalue weighted by Gasteiger charge is -2.43. The summed E-state index contributed by atoms with van der Waals surface area (Å²) in [5.74, 6) is 0.